The fourth-order valence-corrected chi connectivity index (χ4v) is 9.00. The normalized spacial score (nSPS) is 25.9. The van der Waals surface area contributed by atoms with Crippen molar-refractivity contribution in [1.29, 1.82) is 0 Å². The summed E-state index contributed by atoms with van der Waals surface area (Å²) < 4.78 is 28.2. The summed E-state index contributed by atoms with van der Waals surface area (Å²) in [6.07, 6.45) is -0.353. The number of rotatable bonds is 4. The molecule has 7 nitrogen and oxygen atoms in total. The number of para-hydroxylation sites is 3. The highest BCUT2D eigenvalue weighted by molar-refractivity contribution is 6.72. The smallest absolute Gasteiger partial charge is 0.266 e. The Morgan fingerprint density at radius 1 is 1.05 bits per heavy atom. The fourth-order valence-electron chi connectivity index (χ4n) is 6.46. The zero-order valence-electron chi connectivity index (χ0n) is 21.4. The highest BCUT2D eigenvalue weighted by Crippen LogP contribution is 2.59. The number of anilines is 3. The molecule has 0 bridgehead atoms. The average Bonchev–Trinajstić information content (AvgIpc) is 3.29. The number of hydrogen-bond donors (Lipinski definition) is 2. The van der Waals surface area contributed by atoms with Gasteiger partial charge in [-0.05, 0) is 62.0 Å². The summed E-state index contributed by atoms with van der Waals surface area (Å²) in [5.74, 6) is -0.116. The second kappa shape index (κ2) is 8.76. The van der Waals surface area contributed by atoms with Gasteiger partial charge < -0.3 is 24.0 Å². The van der Waals surface area contributed by atoms with Gasteiger partial charge in [-0.1, -0.05) is 31.2 Å². The molecule has 3 heterocycles. The van der Waals surface area contributed by atoms with Crippen molar-refractivity contribution in [3.8, 4) is 11.5 Å². The van der Waals surface area contributed by atoms with Gasteiger partial charge >= 0.3 is 0 Å². The molecule has 2 N–H and O–H groups in total. The predicted molar refractivity (Wildman–Crippen MR) is 144 cm³/mol. The van der Waals surface area contributed by atoms with Crippen LogP contribution >= 0.6 is 0 Å². The summed E-state index contributed by atoms with van der Waals surface area (Å²) in [5.41, 5.74) is 0.734. The van der Waals surface area contributed by atoms with Crippen LogP contribution in [-0.2, 0) is 15.1 Å². The Labute approximate surface area is 221 Å². The predicted octanol–water partition coefficient (Wildman–Crippen LogP) is 5.88. The number of ether oxygens (including phenoxy) is 2. The maximum absolute atomic E-state index is 15.6. The highest BCUT2D eigenvalue weighted by Gasteiger charge is 2.65. The largest absolute Gasteiger partial charge is 0.454 e. The zero-order chi connectivity index (χ0) is 26.8. The molecule has 0 saturated carbocycles. The Morgan fingerprint density at radius 2 is 1.76 bits per heavy atom. The van der Waals surface area contributed by atoms with Crippen LogP contribution in [0.15, 0.2) is 66.7 Å². The molecule has 0 radical (unpaired) electrons. The summed E-state index contributed by atoms with van der Waals surface area (Å²) in [4.78, 5) is 29.1. The van der Waals surface area contributed by atoms with E-state index in [0.29, 0.717) is 39.7 Å². The first-order valence-electron chi connectivity index (χ1n) is 12.8. The molecule has 3 aliphatic rings. The molecule has 0 aromatic heterocycles. The van der Waals surface area contributed by atoms with Crippen molar-refractivity contribution in [1.82, 2.24) is 0 Å². The Bertz CT molecular complexity index is 1460. The van der Waals surface area contributed by atoms with E-state index in [1.54, 1.807) is 60.5 Å². The van der Waals surface area contributed by atoms with Gasteiger partial charge in [0.1, 0.15) is 5.75 Å². The van der Waals surface area contributed by atoms with Crippen LogP contribution in [0.1, 0.15) is 29.3 Å². The van der Waals surface area contributed by atoms with Crippen molar-refractivity contribution in [2.45, 2.75) is 43.7 Å². The van der Waals surface area contributed by atoms with Crippen LogP contribution in [0.5, 0.6) is 11.5 Å². The average molecular weight is 533 g/mol. The minimum atomic E-state index is -3.28. The van der Waals surface area contributed by atoms with Gasteiger partial charge in [-0.3, -0.25) is 14.5 Å². The summed E-state index contributed by atoms with van der Waals surface area (Å²) in [5, 5.41) is 12.6. The van der Waals surface area contributed by atoms with E-state index in [1.807, 2.05) is 31.2 Å². The monoisotopic (exact) mass is 532 g/mol. The lowest BCUT2D eigenvalue weighted by Gasteiger charge is -2.31. The molecule has 0 aliphatic carbocycles. The van der Waals surface area contributed by atoms with E-state index in [1.165, 1.54) is 0 Å². The molecule has 38 heavy (non-hydrogen) atoms. The third-order valence-corrected chi connectivity index (χ3v) is 10.5. The fraction of sp³-hybridized carbons (Fsp3) is 0.310. The first-order valence-corrected chi connectivity index (χ1v) is 15.8. The van der Waals surface area contributed by atoms with E-state index in [0.717, 1.165) is 0 Å². The van der Waals surface area contributed by atoms with Gasteiger partial charge in [0.15, 0.2) is 11.4 Å². The first-order chi connectivity index (χ1) is 18.2. The van der Waals surface area contributed by atoms with Gasteiger partial charge in [-0.2, -0.15) is 0 Å². The molecular formula is C29H29FN2O5Si. The summed E-state index contributed by atoms with van der Waals surface area (Å²) in [6.45, 7) is 4.93. The standard InChI is InChI=1S/C29H29FN2O5Si/c1-17-26(38(2,3)30)25(14-15-33)37-29(17)20-16-18(12-13-21(20)31-28(29)35)32-22-9-5-7-11-24(22)36-23-10-6-4-8-19(23)27(32)34/h4-13,16-17,25-26,33H,14-15H2,1-3H3,(H,31,35)/t17-,25+,26-,29+/m1/s1. The van der Waals surface area contributed by atoms with E-state index in [9.17, 15) is 14.7 Å². The van der Waals surface area contributed by atoms with Crippen molar-refractivity contribution in [2.75, 3.05) is 16.8 Å². The van der Waals surface area contributed by atoms with Crippen LogP contribution in [0.3, 0.4) is 0 Å². The Balaban J connectivity index is 1.51. The number of aliphatic hydroxyl groups is 1. The maximum atomic E-state index is 15.6. The summed E-state index contributed by atoms with van der Waals surface area (Å²) in [7, 11) is -3.28. The zero-order valence-corrected chi connectivity index (χ0v) is 22.4. The summed E-state index contributed by atoms with van der Waals surface area (Å²) >= 11 is 0. The second-order valence-electron chi connectivity index (χ2n) is 10.7. The van der Waals surface area contributed by atoms with Crippen LogP contribution in [0.4, 0.5) is 21.2 Å². The third kappa shape index (κ3) is 3.53. The van der Waals surface area contributed by atoms with E-state index in [-0.39, 0.29) is 24.8 Å². The quantitative estimate of drug-likeness (QED) is 0.324. The lowest BCUT2D eigenvalue weighted by atomic mass is 9.82. The number of carbonyl (C=O) groups excluding carboxylic acids is 2. The van der Waals surface area contributed by atoms with Crippen molar-refractivity contribution in [3.63, 3.8) is 0 Å². The first kappa shape index (κ1) is 24.8. The molecule has 196 valence electrons. The van der Waals surface area contributed by atoms with E-state index >= 15 is 4.11 Å². The molecule has 4 atom stereocenters. The van der Waals surface area contributed by atoms with Crippen molar-refractivity contribution < 1.29 is 28.3 Å². The molecular weight excluding hydrogens is 503 g/mol. The minimum Gasteiger partial charge on any atom is -0.454 e. The molecule has 1 saturated heterocycles. The van der Waals surface area contributed by atoms with Crippen molar-refractivity contribution in [2.24, 2.45) is 5.92 Å². The molecule has 6 rings (SSSR count). The van der Waals surface area contributed by atoms with Gasteiger partial charge in [-0.15, -0.1) is 0 Å². The van der Waals surface area contributed by atoms with Crippen molar-refractivity contribution >= 4 is 37.3 Å². The van der Waals surface area contributed by atoms with Gasteiger partial charge in [-0.25, -0.2) is 0 Å². The topological polar surface area (TPSA) is 88.1 Å². The van der Waals surface area contributed by atoms with Gasteiger partial charge in [0.05, 0.1) is 17.4 Å². The van der Waals surface area contributed by atoms with E-state index in [4.69, 9.17) is 9.47 Å². The minimum absolute atomic E-state index is 0.165. The molecule has 3 aromatic carbocycles. The molecule has 0 unspecified atom stereocenters. The number of amides is 2. The number of benzene rings is 3. The number of nitrogens with one attached hydrogen (secondary N) is 1. The number of fused-ring (bicyclic) bond motifs is 4. The van der Waals surface area contributed by atoms with Crippen LogP contribution in [0, 0.1) is 5.92 Å². The van der Waals surface area contributed by atoms with Gasteiger partial charge in [0, 0.05) is 35.0 Å². The highest BCUT2D eigenvalue weighted by atomic mass is 28.4. The second-order valence-corrected chi connectivity index (χ2v) is 14.5. The number of hydrogen-bond acceptors (Lipinski definition) is 5. The van der Waals surface area contributed by atoms with Gasteiger partial charge in [0.2, 0.25) is 8.41 Å². The molecule has 2 amide bonds. The molecule has 1 fully saturated rings. The van der Waals surface area contributed by atoms with Gasteiger partial charge in [0.25, 0.3) is 11.8 Å². The Kier molecular flexibility index (Phi) is 5.71. The SMILES string of the molecule is C[C@@H]1[C@@H]([Si](C)(C)F)[C@H](CCO)O[C@@]12C(=O)Nc1ccc(N3C(=O)c4ccccc4Oc4ccccc43)cc12. The van der Waals surface area contributed by atoms with Crippen LogP contribution in [0.25, 0.3) is 0 Å². The van der Waals surface area contributed by atoms with E-state index in [2.05, 4.69) is 5.32 Å². The Morgan fingerprint density at radius 3 is 2.50 bits per heavy atom. The number of halogens is 1. The maximum Gasteiger partial charge on any atom is 0.266 e. The van der Waals surface area contributed by atoms with Crippen LogP contribution in [-0.4, -0.2) is 38.0 Å². The van der Waals surface area contributed by atoms with Crippen LogP contribution in [0.2, 0.25) is 18.6 Å². The van der Waals surface area contributed by atoms with Crippen LogP contribution < -0.4 is 15.0 Å². The Hall–Kier alpha value is -3.53. The molecule has 3 aliphatic heterocycles. The number of aliphatic hydroxyl groups excluding tert-OH is 1. The van der Waals surface area contributed by atoms with E-state index < -0.39 is 31.6 Å². The molecule has 1 spiro atoms. The molecule has 9 heteroatoms. The number of nitrogens with zero attached hydrogens (tertiary/aromatic N) is 1. The number of carbonyl (C=O) groups is 2. The lowest BCUT2D eigenvalue weighted by molar-refractivity contribution is -0.143. The van der Waals surface area contributed by atoms with Crippen molar-refractivity contribution in [3.05, 3.63) is 77.9 Å². The third-order valence-electron chi connectivity index (χ3n) is 8.02. The lowest BCUT2D eigenvalue weighted by Crippen LogP contribution is -2.42. The molecule has 3 aromatic rings. The summed E-state index contributed by atoms with van der Waals surface area (Å²) in [6, 6.07) is 19.7.